The first kappa shape index (κ1) is 9.65. The molecule has 1 aliphatic carbocycles. The van der Waals surface area contributed by atoms with E-state index >= 15 is 0 Å². The monoisotopic (exact) mass is 208 g/mol. The summed E-state index contributed by atoms with van der Waals surface area (Å²) in [4.78, 5) is 0. The van der Waals surface area contributed by atoms with E-state index in [1.807, 2.05) is 0 Å². The molecule has 0 atom stereocenters. The van der Waals surface area contributed by atoms with Gasteiger partial charge in [-0.15, -0.1) is 0 Å². The summed E-state index contributed by atoms with van der Waals surface area (Å²) in [6, 6.07) is 8.94. The van der Waals surface area contributed by atoms with Crippen LogP contribution in [0.3, 0.4) is 0 Å². The molecule has 1 aliphatic rings. The molecule has 0 heteroatoms. The molecule has 3 rings (SSSR count). The first-order valence-electron chi connectivity index (χ1n) is 5.97. The molecule has 0 fully saturated rings. The van der Waals surface area contributed by atoms with Crippen LogP contribution in [0.4, 0.5) is 0 Å². The van der Waals surface area contributed by atoms with Gasteiger partial charge in [0.05, 0.1) is 0 Å². The fourth-order valence-electron chi connectivity index (χ4n) is 2.70. The van der Waals surface area contributed by atoms with Crippen molar-refractivity contribution in [2.45, 2.75) is 26.7 Å². The molecule has 0 saturated carbocycles. The summed E-state index contributed by atoms with van der Waals surface area (Å²) in [5.41, 5.74) is 2.81. The molecule has 2 aromatic rings. The molecule has 0 unspecified atom stereocenters. The Morgan fingerprint density at radius 3 is 2.62 bits per heavy atom. The minimum atomic E-state index is 1.18. The summed E-state index contributed by atoms with van der Waals surface area (Å²) < 4.78 is 0. The molecule has 0 amide bonds. The molecule has 0 saturated heterocycles. The zero-order valence-corrected chi connectivity index (χ0v) is 9.88. The van der Waals surface area contributed by atoms with E-state index < -0.39 is 0 Å². The number of rotatable bonds is 0. The van der Waals surface area contributed by atoms with E-state index in [1.54, 1.807) is 0 Å². The van der Waals surface area contributed by atoms with Gasteiger partial charge in [-0.1, -0.05) is 30.4 Å². The quantitative estimate of drug-likeness (QED) is 0.624. The van der Waals surface area contributed by atoms with Crippen LogP contribution in [0.1, 0.15) is 24.0 Å². The normalized spacial score (nSPS) is 14.1. The highest BCUT2D eigenvalue weighted by Crippen LogP contribution is 2.18. The van der Waals surface area contributed by atoms with Gasteiger partial charge in [0, 0.05) is 0 Å². The van der Waals surface area contributed by atoms with Crippen molar-refractivity contribution in [1.29, 1.82) is 0 Å². The largest absolute Gasteiger partial charge is 0.0763 e. The number of hydrogen-bond acceptors (Lipinski definition) is 0. The van der Waals surface area contributed by atoms with Crippen molar-refractivity contribution in [3.05, 3.63) is 45.8 Å². The maximum absolute atomic E-state index is 2.38. The van der Waals surface area contributed by atoms with E-state index in [4.69, 9.17) is 0 Å². The second-order valence-electron chi connectivity index (χ2n) is 4.66. The molecule has 0 bridgehead atoms. The van der Waals surface area contributed by atoms with E-state index in [0.29, 0.717) is 0 Å². The molecular formula is C16H16. The highest BCUT2D eigenvalue weighted by Gasteiger charge is 2.04. The molecule has 0 N–H and O–H groups in total. The summed E-state index contributed by atoms with van der Waals surface area (Å²) in [6.07, 6.45) is 7.12. The van der Waals surface area contributed by atoms with Gasteiger partial charge >= 0.3 is 0 Å². The van der Waals surface area contributed by atoms with Crippen molar-refractivity contribution in [3.63, 3.8) is 0 Å². The molecule has 80 valence electrons. The SMILES string of the molecule is Cc1cccc2c(C)c3c(cc12)=CCCC=3. The van der Waals surface area contributed by atoms with Crippen LogP contribution in [-0.2, 0) is 0 Å². The molecule has 16 heavy (non-hydrogen) atoms. The Kier molecular flexibility index (Phi) is 2.10. The second kappa shape index (κ2) is 3.48. The number of fused-ring (bicyclic) bond motifs is 2. The van der Waals surface area contributed by atoms with Crippen molar-refractivity contribution >= 4 is 22.9 Å². The Labute approximate surface area is 95.9 Å². The summed E-state index contributed by atoms with van der Waals surface area (Å²) in [5, 5.41) is 5.69. The van der Waals surface area contributed by atoms with E-state index in [2.05, 4.69) is 50.3 Å². The van der Waals surface area contributed by atoms with Gasteiger partial charge in [-0.25, -0.2) is 0 Å². The topological polar surface area (TPSA) is 0 Å². The van der Waals surface area contributed by atoms with Gasteiger partial charge in [0.25, 0.3) is 0 Å². The van der Waals surface area contributed by atoms with Crippen LogP contribution in [0.15, 0.2) is 24.3 Å². The van der Waals surface area contributed by atoms with Crippen molar-refractivity contribution in [2.24, 2.45) is 0 Å². The zero-order valence-electron chi connectivity index (χ0n) is 9.88. The van der Waals surface area contributed by atoms with Gasteiger partial charge in [-0.3, -0.25) is 0 Å². The van der Waals surface area contributed by atoms with Crippen molar-refractivity contribution in [2.75, 3.05) is 0 Å². The van der Waals surface area contributed by atoms with Crippen LogP contribution in [0.2, 0.25) is 0 Å². The van der Waals surface area contributed by atoms with Crippen LogP contribution in [0.25, 0.3) is 22.9 Å². The van der Waals surface area contributed by atoms with Crippen LogP contribution in [0, 0.1) is 13.8 Å². The van der Waals surface area contributed by atoms with E-state index in [9.17, 15) is 0 Å². The maximum Gasteiger partial charge on any atom is -0.0146 e. The van der Waals surface area contributed by atoms with Crippen LogP contribution < -0.4 is 10.4 Å². The van der Waals surface area contributed by atoms with Crippen molar-refractivity contribution in [1.82, 2.24) is 0 Å². The minimum absolute atomic E-state index is 1.18. The Hall–Kier alpha value is -1.56. The number of aryl methyl sites for hydroxylation is 2. The lowest BCUT2D eigenvalue weighted by Crippen LogP contribution is -2.29. The number of hydrogen-bond donors (Lipinski definition) is 0. The molecule has 2 aromatic carbocycles. The smallest absolute Gasteiger partial charge is 0.0146 e. The summed E-state index contributed by atoms with van der Waals surface area (Å²) >= 11 is 0. The van der Waals surface area contributed by atoms with Crippen molar-refractivity contribution < 1.29 is 0 Å². The molecule has 0 nitrogen and oxygen atoms in total. The van der Waals surface area contributed by atoms with Crippen LogP contribution in [0.5, 0.6) is 0 Å². The lowest BCUT2D eigenvalue weighted by atomic mass is 9.95. The first-order valence-corrected chi connectivity index (χ1v) is 5.97. The first-order chi connectivity index (χ1) is 7.77. The third-order valence-corrected chi connectivity index (χ3v) is 3.62. The van der Waals surface area contributed by atoms with Gasteiger partial charge in [0.1, 0.15) is 0 Å². The fourth-order valence-corrected chi connectivity index (χ4v) is 2.70. The maximum atomic E-state index is 2.38. The summed E-state index contributed by atoms with van der Waals surface area (Å²) in [5.74, 6) is 0. The predicted octanol–water partition coefficient (Wildman–Crippen LogP) is 2.81. The average molecular weight is 208 g/mol. The van der Waals surface area contributed by atoms with E-state index in [-0.39, 0.29) is 0 Å². The Morgan fingerprint density at radius 2 is 1.75 bits per heavy atom. The third-order valence-electron chi connectivity index (χ3n) is 3.62. The molecule has 0 spiro atoms. The fraction of sp³-hybridized carbons (Fsp3) is 0.250. The Bertz CT molecular complexity index is 675. The van der Waals surface area contributed by atoms with Crippen LogP contribution in [-0.4, -0.2) is 0 Å². The third kappa shape index (κ3) is 1.30. The lowest BCUT2D eigenvalue weighted by molar-refractivity contribution is 1.11. The zero-order chi connectivity index (χ0) is 11.1. The van der Waals surface area contributed by atoms with Gasteiger partial charge < -0.3 is 0 Å². The summed E-state index contributed by atoms with van der Waals surface area (Å²) in [6.45, 7) is 4.44. The molecule has 0 aromatic heterocycles. The van der Waals surface area contributed by atoms with E-state index in [1.165, 1.54) is 45.2 Å². The molecule has 0 heterocycles. The summed E-state index contributed by atoms with van der Waals surface area (Å²) in [7, 11) is 0. The minimum Gasteiger partial charge on any atom is -0.0763 e. The van der Waals surface area contributed by atoms with Gasteiger partial charge in [-0.05, 0) is 65.1 Å². The molecule has 0 aliphatic heterocycles. The lowest BCUT2D eigenvalue weighted by Gasteiger charge is -2.09. The van der Waals surface area contributed by atoms with E-state index in [0.717, 1.165) is 0 Å². The average Bonchev–Trinajstić information content (AvgIpc) is 2.31. The Balaban J connectivity index is 2.60. The Morgan fingerprint density at radius 1 is 0.938 bits per heavy atom. The van der Waals surface area contributed by atoms with Gasteiger partial charge in [0.15, 0.2) is 0 Å². The van der Waals surface area contributed by atoms with Gasteiger partial charge in [-0.2, -0.15) is 0 Å². The molecule has 0 radical (unpaired) electrons. The highest BCUT2D eigenvalue weighted by molar-refractivity contribution is 5.89. The molecular weight excluding hydrogens is 192 g/mol. The predicted molar refractivity (Wildman–Crippen MR) is 70.8 cm³/mol. The van der Waals surface area contributed by atoms with Gasteiger partial charge in [0.2, 0.25) is 0 Å². The highest BCUT2D eigenvalue weighted by atomic mass is 14.1. The second-order valence-corrected chi connectivity index (χ2v) is 4.66. The standard InChI is InChI=1S/C16H16/c1-11-6-5-9-15-12(2)14-8-4-3-7-13(14)10-16(11)15/h5-10H,3-4H2,1-2H3. The van der Waals surface area contributed by atoms with Crippen LogP contribution >= 0.6 is 0 Å². The van der Waals surface area contributed by atoms with Crippen molar-refractivity contribution in [3.8, 4) is 0 Å². The number of benzene rings is 2.